The Labute approximate surface area is 125 Å². The van der Waals surface area contributed by atoms with Crippen molar-refractivity contribution in [1.82, 2.24) is 10.2 Å². The van der Waals surface area contributed by atoms with Crippen LogP contribution >= 0.6 is 0 Å². The van der Waals surface area contributed by atoms with Gasteiger partial charge in [0.25, 0.3) is 0 Å². The number of methoxy groups -OCH3 is 1. The minimum Gasteiger partial charge on any atom is -0.385 e. The zero-order valence-corrected chi connectivity index (χ0v) is 13.7. The molecular formula is C17H34N2O. The van der Waals surface area contributed by atoms with Gasteiger partial charge in [0.05, 0.1) is 0 Å². The van der Waals surface area contributed by atoms with Gasteiger partial charge in [0.2, 0.25) is 0 Å². The first-order valence-electron chi connectivity index (χ1n) is 8.66. The summed E-state index contributed by atoms with van der Waals surface area (Å²) in [4.78, 5) is 2.60. The SMILES string of the molecule is COCCCN1CCC(N[C@@H]2CC[C@@H](C)[C@H](C)C2)CC1. The number of ether oxygens (including phenoxy) is 1. The molecule has 118 valence electrons. The van der Waals surface area contributed by atoms with Crippen LogP contribution in [0.25, 0.3) is 0 Å². The molecule has 1 saturated carbocycles. The highest BCUT2D eigenvalue weighted by molar-refractivity contribution is 4.85. The van der Waals surface area contributed by atoms with E-state index in [-0.39, 0.29) is 0 Å². The van der Waals surface area contributed by atoms with E-state index in [1.807, 2.05) is 0 Å². The van der Waals surface area contributed by atoms with Gasteiger partial charge in [-0.3, -0.25) is 0 Å². The smallest absolute Gasteiger partial charge is 0.0474 e. The molecule has 3 heteroatoms. The third-order valence-electron chi connectivity index (χ3n) is 5.48. The van der Waals surface area contributed by atoms with Crippen LogP contribution in [0.15, 0.2) is 0 Å². The summed E-state index contributed by atoms with van der Waals surface area (Å²) >= 11 is 0. The molecule has 2 rings (SSSR count). The summed E-state index contributed by atoms with van der Waals surface area (Å²) < 4.78 is 5.13. The standard InChI is InChI=1S/C17H34N2O/c1-14-5-6-17(13-15(14)2)18-16-7-10-19(11-8-16)9-4-12-20-3/h14-18H,4-13H2,1-3H3/t14-,15-,17-/m1/s1. The normalized spacial score (nSPS) is 33.5. The minimum atomic E-state index is 0.763. The van der Waals surface area contributed by atoms with Gasteiger partial charge >= 0.3 is 0 Å². The van der Waals surface area contributed by atoms with Crippen LogP contribution in [0.5, 0.6) is 0 Å². The van der Waals surface area contributed by atoms with E-state index >= 15 is 0 Å². The summed E-state index contributed by atoms with van der Waals surface area (Å²) in [5.74, 6) is 1.83. The van der Waals surface area contributed by atoms with E-state index in [1.54, 1.807) is 7.11 Å². The van der Waals surface area contributed by atoms with Crippen molar-refractivity contribution in [2.24, 2.45) is 11.8 Å². The fourth-order valence-corrected chi connectivity index (χ4v) is 3.79. The molecule has 0 spiro atoms. The van der Waals surface area contributed by atoms with Crippen LogP contribution in [0.4, 0.5) is 0 Å². The van der Waals surface area contributed by atoms with Gasteiger partial charge in [0.15, 0.2) is 0 Å². The zero-order chi connectivity index (χ0) is 14.4. The molecule has 1 aliphatic heterocycles. The lowest BCUT2D eigenvalue weighted by atomic mass is 9.79. The van der Waals surface area contributed by atoms with Gasteiger partial charge in [-0.15, -0.1) is 0 Å². The molecule has 0 amide bonds. The Balaban J connectivity index is 1.62. The number of hydrogen-bond acceptors (Lipinski definition) is 3. The maximum absolute atomic E-state index is 5.13. The number of rotatable bonds is 6. The van der Waals surface area contributed by atoms with Crippen molar-refractivity contribution in [2.75, 3.05) is 33.4 Å². The predicted molar refractivity (Wildman–Crippen MR) is 85.1 cm³/mol. The lowest BCUT2D eigenvalue weighted by Gasteiger charge is -2.38. The van der Waals surface area contributed by atoms with Gasteiger partial charge in [-0.05, 0) is 63.5 Å². The highest BCUT2D eigenvalue weighted by Gasteiger charge is 2.27. The Kier molecular flexibility index (Phi) is 6.79. The third-order valence-corrected chi connectivity index (χ3v) is 5.48. The van der Waals surface area contributed by atoms with E-state index in [0.29, 0.717) is 0 Å². The Morgan fingerprint density at radius 2 is 1.75 bits per heavy atom. The largest absolute Gasteiger partial charge is 0.385 e. The summed E-state index contributed by atoms with van der Waals surface area (Å²) in [5, 5.41) is 3.95. The quantitative estimate of drug-likeness (QED) is 0.758. The topological polar surface area (TPSA) is 24.5 Å². The van der Waals surface area contributed by atoms with Crippen molar-refractivity contribution in [3.05, 3.63) is 0 Å². The van der Waals surface area contributed by atoms with Crippen LogP contribution < -0.4 is 5.32 Å². The zero-order valence-electron chi connectivity index (χ0n) is 13.7. The van der Waals surface area contributed by atoms with Gasteiger partial charge in [-0.2, -0.15) is 0 Å². The fraction of sp³-hybridized carbons (Fsp3) is 1.00. The van der Waals surface area contributed by atoms with Crippen LogP contribution in [0.3, 0.4) is 0 Å². The fourth-order valence-electron chi connectivity index (χ4n) is 3.79. The molecule has 1 saturated heterocycles. The number of likely N-dealkylation sites (tertiary alicyclic amines) is 1. The first-order valence-corrected chi connectivity index (χ1v) is 8.66. The van der Waals surface area contributed by atoms with Gasteiger partial charge < -0.3 is 15.0 Å². The summed E-state index contributed by atoms with van der Waals surface area (Å²) in [6, 6.07) is 1.55. The first-order chi connectivity index (χ1) is 9.69. The Bertz CT molecular complexity index is 264. The van der Waals surface area contributed by atoms with E-state index in [0.717, 1.165) is 30.5 Å². The Morgan fingerprint density at radius 1 is 1.00 bits per heavy atom. The maximum Gasteiger partial charge on any atom is 0.0474 e. The van der Waals surface area contributed by atoms with Gasteiger partial charge in [0, 0.05) is 32.3 Å². The van der Waals surface area contributed by atoms with Gasteiger partial charge in [-0.1, -0.05) is 13.8 Å². The van der Waals surface area contributed by atoms with Crippen LogP contribution in [-0.2, 0) is 4.74 Å². The lowest BCUT2D eigenvalue weighted by Crippen LogP contribution is -2.48. The molecule has 0 radical (unpaired) electrons. The average Bonchev–Trinajstić information content (AvgIpc) is 2.45. The van der Waals surface area contributed by atoms with Crippen molar-refractivity contribution >= 4 is 0 Å². The molecule has 0 aromatic carbocycles. The van der Waals surface area contributed by atoms with E-state index < -0.39 is 0 Å². The molecule has 3 nitrogen and oxygen atoms in total. The molecule has 2 aliphatic rings. The van der Waals surface area contributed by atoms with E-state index in [2.05, 4.69) is 24.1 Å². The van der Waals surface area contributed by atoms with Crippen LogP contribution in [0.2, 0.25) is 0 Å². The summed E-state index contributed by atoms with van der Waals surface area (Å²) in [6.07, 6.45) is 8.01. The van der Waals surface area contributed by atoms with Crippen molar-refractivity contribution < 1.29 is 4.74 Å². The second kappa shape index (κ2) is 8.35. The van der Waals surface area contributed by atoms with E-state index in [9.17, 15) is 0 Å². The molecular weight excluding hydrogens is 248 g/mol. The molecule has 1 N–H and O–H groups in total. The molecule has 3 atom stereocenters. The van der Waals surface area contributed by atoms with Crippen molar-refractivity contribution in [2.45, 2.75) is 64.5 Å². The number of hydrogen-bond donors (Lipinski definition) is 1. The second-order valence-electron chi connectivity index (χ2n) is 7.09. The van der Waals surface area contributed by atoms with Crippen molar-refractivity contribution in [3.8, 4) is 0 Å². The van der Waals surface area contributed by atoms with Gasteiger partial charge in [0.1, 0.15) is 0 Å². The first kappa shape index (κ1) is 16.3. The van der Waals surface area contributed by atoms with Crippen molar-refractivity contribution in [1.29, 1.82) is 0 Å². The molecule has 0 bridgehead atoms. The number of nitrogens with one attached hydrogen (secondary N) is 1. The minimum absolute atomic E-state index is 0.763. The highest BCUT2D eigenvalue weighted by atomic mass is 16.5. The van der Waals surface area contributed by atoms with Gasteiger partial charge in [-0.25, -0.2) is 0 Å². The molecule has 0 unspecified atom stereocenters. The summed E-state index contributed by atoms with van der Waals surface area (Å²) in [5.41, 5.74) is 0. The van der Waals surface area contributed by atoms with E-state index in [4.69, 9.17) is 4.74 Å². The Hall–Kier alpha value is -0.120. The Morgan fingerprint density at radius 3 is 2.40 bits per heavy atom. The van der Waals surface area contributed by atoms with Crippen molar-refractivity contribution in [3.63, 3.8) is 0 Å². The maximum atomic E-state index is 5.13. The second-order valence-corrected chi connectivity index (χ2v) is 7.09. The van der Waals surface area contributed by atoms with Crippen LogP contribution in [-0.4, -0.2) is 50.3 Å². The monoisotopic (exact) mass is 282 g/mol. The molecule has 1 aliphatic carbocycles. The van der Waals surface area contributed by atoms with E-state index in [1.165, 1.54) is 58.2 Å². The van der Waals surface area contributed by atoms with Crippen LogP contribution in [0, 0.1) is 11.8 Å². The summed E-state index contributed by atoms with van der Waals surface area (Å²) in [7, 11) is 1.79. The number of piperidine rings is 1. The number of nitrogens with zero attached hydrogens (tertiary/aromatic N) is 1. The molecule has 2 fully saturated rings. The predicted octanol–water partition coefficient (Wildman–Crippen LogP) is 2.90. The molecule has 20 heavy (non-hydrogen) atoms. The highest BCUT2D eigenvalue weighted by Crippen LogP contribution is 2.30. The molecule has 1 heterocycles. The lowest BCUT2D eigenvalue weighted by molar-refractivity contribution is 0.142. The average molecular weight is 282 g/mol. The molecule has 0 aromatic heterocycles. The molecule has 0 aromatic rings. The third kappa shape index (κ3) is 5.01. The van der Waals surface area contributed by atoms with Crippen LogP contribution in [0.1, 0.15) is 52.4 Å². The summed E-state index contributed by atoms with van der Waals surface area (Å²) in [6.45, 7) is 9.48.